The van der Waals surface area contributed by atoms with E-state index in [-0.39, 0.29) is 5.56 Å². The number of anilines is 1. The molecule has 1 atom stereocenters. The van der Waals surface area contributed by atoms with Gasteiger partial charge in [0.2, 0.25) is 0 Å². The lowest BCUT2D eigenvalue weighted by Gasteiger charge is -2.34. The lowest BCUT2D eigenvalue weighted by Crippen LogP contribution is -2.73. The zero-order valence-corrected chi connectivity index (χ0v) is 15.5. The molecule has 0 heterocycles. The molecule has 9 heteroatoms. The number of benzene rings is 2. The van der Waals surface area contributed by atoms with Crippen molar-refractivity contribution in [3.63, 3.8) is 0 Å². The fraction of sp³-hybridized carbons (Fsp3) is 0.263. The first-order valence-electron chi connectivity index (χ1n) is 8.24. The molecule has 6 nitrogen and oxygen atoms in total. The molecule has 1 amide bonds. The first-order valence-corrected chi connectivity index (χ1v) is 8.24. The van der Waals surface area contributed by atoms with Gasteiger partial charge in [-0.2, -0.15) is 18.6 Å². The number of aryl methyl sites for hydroxylation is 2. The van der Waals surface area contributed by atoms with Crippen molar-refractivity contribution >= 4 is 17.6 Å². The van der Waals surface area contributed by atoms with Crippen LogP contribution in [0.15, 0.2) is 48.5 Å². The van der Waals surface area contributed by atoms with Gasteiger partial charge >= 0.3 is 17.8 Å². The highest BCUT2D eigenvalue weighted by Gasteiger charge is 2.63. The summed E-state index contributed by atoms with van der Waals surface area (Å²) in [6.07, 6.45) is -5.21. The number of esters is 1. The Balaban J connectivity index is 2.41. The molecule has 2 rings (SSSR count). The summed E-state index contributed by atoms with van der Waals surface area (Å²) in [6.45, 7) is 3.36. The van der Waals surface area contributed by atoms with E-state index in [2.05, 4.69) is 10.2 Å². The maximum absolute atomic E-state index is 14.0. The molecule has 0 radical (unpaired) electrons. The number of para-hydroxylation sites is 1. The standard InChI is InChI=1S/C19H20F3N3O3/c1-12-7-6-9-14(11-12)16(26)23-18(17(27)28-3,19(20,21)22)25-24-15-10-5-4-8-13(15)2/h4-11,24-25H,1-3H3,(H,23,26)/t18-/m1/s1. The van der Waals surface area contributed by atoms with Crippen LogP contribution in [0.25, 0.3) is 0 Å². The minimum Gasteiger partial charge on any atom is -0.466 e. The first-order chi connectivity index (χ1) is 13.1. The molecule has 0 fully saturated rings. The van der Waals surface area contributed by atoms with Gasteiger partial charge in [0.1, 0.15) is 0 Å². The normalized spacial score (nSPS) is 13.4. The van der Waals surface area contributed by atoms with Gasteiger partial charge < -0.3 is 15.5 Å². The topological polar surface area (TPSA) is 79.5 Å². The largest absolute Gasteiger partial charge is 0.466 e. The molecule has 0 saturated heterocycles. The highest BCUT2D eigenvalue weighted by atomic mass is 19.4. The fourth-order valence-corrected chi connectivity index (χ4v) is 2.45. The molecular formula is C19H20F3N3O3. The quantitative estimate of drug-likeness (QED) is 0.398. The summed E-state index contributed by atoms with van der Waals surface area (Å²) in [6, 6.07) is 12.5. The van der Waals surface area contributed by atoms with Crippen LogP contribution in [0.3, 0.4) is 0 Å². The number of alkyl halides is 3. The third-order valence-corrected chi connectivity index (χ3v) is 4.03. The predicted octanol–water partition coefficient (Wildman–Crippen LogP) is 3.08. The molecule has 0 spiro atoms. The summed E-state index contributed by atoms with van der Waals surface area (Å²) in [7, 11) is 0.803. The van der Waals surface area contributed by atoms with Gasteiger partial charge in [-0.15, -0.1) is 0 Å². The van der Waals surface area contributed by atoms with Crippen molar-refractivity contribution < 1.29 is 27.5 Å². The minimum absolute atomic E-state index is 0.0322. The summed E-state index contributed by atoms with van der Waals surface area (Å²) in [5.41, 5.74) is 2.33. The van der Waals surface area contributed by atoms with E-state index >= 15 is 0 Å². The van der Waals surface area contributed by atoms with Gasteiger partial charge in [0.05, 0.1) is 12.8 Å². The number of hydrogen-bond acceptors (Lipinski definition) is 5. The third kappa shape index (κ3) is 4.42. The second-order valence-corrected chi connectivity index (χ2v) is 6.13. The smallest absolute Gasteiger partial charge is 0.438 e. The molecule has 2 aromatic rings. The van der Waals surface area contributed by atoms with Crippen molar-refractivity contribution in [2.75, 3.05) is 12.5 Å². The van der Waals surface area contributed by atoms with E-state index in [0.29, 0.717) is 16.8 Å². The SMILES string of the molecule is COC(=O)[C@](NNc1ccccc1C)(NC(=O)c1cccc(C)c1)C(F)(F)F. The molecule has 0 saturated carbocycles. The van der Waals surface area contributed by atoms with Crippen LogP contribution in [0.4, 0.5) is 18.9 Å². The van der Waals surface area contributed by atoms with Crippen LogP contribution < -0.4 is 16.2 Å². The molecule has 28 heavy (non-hydrogen) atoms. The summed E-state index contributed by atoms with van der Waals surface area (Å²) in [5, 5.41) is 1.74. The lowest BCUT2D eigenvalue weighted by atomic mass is 10.1. The summed E-state index contributed by atoms with van der Waals surface area (Å²) in [4.78, 5) is 24.6. The molecule has 3 N–H and O–H groups in total. The van der Waals surface area contributed by atoms with Crippen molar-refractivity contribution in [2.24, 2.45) is 0 Å². The van der Waals surface area contributed by atoms with Crippen molar-refractivity contribution in [3.8, 4) is 0 Å². The van der Waals surface area contributed by atoms with Gasteiger partial charge in [-0.25, -0.2) is 4.79 Å². The van der Waals surface area contributed by atoms with E-state index in [0.717, 1.165) is 7.11 Å². The Kier molecular flexibility index (Phi) is 6.30. The number of rotatable bonds is 6. The molecule has 0 aliphatic rings. The Morgan fingerprint density at radius 3 is 2.25 bits per heavy atom. The Hall–Kier alpha value is -3.07. The minimum atomic E-state index is -5.21. The highest BCUT2D eigenvalue weighted by molar-refractivity contribution is 5.98. The summed E-state index contributed by atoms with van der Waals surface area (Å²) in [5.74, 6) is -2.81. The second kappa shape index (κ2) is 8.30. The van der Waals surface area contributed by atoms with E-state index < -0.39 is 23.7 Å². The van der Waals surface area contributed by atoms with Gasteiger partial charge in [-0.3, -0.25) is 4.79 Å². The van der Waals surface area contributed by atoms with Gasteiger partial charge in [-0.05, 0) is 37.6 Å². The monoisotopic (exact) mass is 395 g/mol. The van der Waals surface area contributed by atoms with Crippen LogP contribution in [0.1, 0.15) is 21.5 Å². The maximum atomic E-state index is 14.0. The average molecular weight is 395 g/mol. The lowest BCUT2D eigenvalue weighted by molar-refractivity contribution is -0.215. The maximum Gasteiger partial charge on any atom is 0.438 e. The number of halogens is 3. The molecule has 0 aromatic heterocycles. The highest BCUT2D eigenvalue weighted by Crippen LogP contribution is 2.30. The van der Waals surface area contributed by atoms with E-state index in [9.17, 15) is 22.8 Å². The summed E-state index contributed by atoms with van der Waals surface area (Å²) >= 11 is 0. The number of hydrogen-bond donors (Lipinski definition) is 3. The predicted molar refractivity (Wildman–Crippen MR) is 97.4 cm³/mol. The van der Waals surface area contributed by atoms with Crippen molar-refractivity contribution in [3.05, 3.63) is 65.2 Å². The van der Waals surface area contributed by atoms with Crippen LogP contribution >= 0.6 is 0 Å². The van der Waals surface area contributed by atoms with Crippen LogP contribution in [-0.4, -0.2) is 30.8 Å². The number of ether oxygens (including phenoxy) is 1. The molecule has 0 aliphatic heterocycles. The Labute approximate surface area is 160 Å². The van der Waals surface area contributed by atoms with Gasteiger partial charge in [0.25, 0.3) is 5.91 Å². The number of amides is 1. The van der Waals surface area contributed by atoms with Crippen molar-refractivity contribution in [1.82, 2.24) is 10.7 Å². The number of nitrogens with one attached hydrogen (secondary N) is 3. The molecular weight excluding hydrogens is 375 g/mol. The average Bonchev–Trinajstić information content (AvgIpc) is 2.64. The van der Waals surface area contributed by atoms with E-state index in [1.165, 1.54) is 24.3 Å². The van der Waals surface area contributed by atoms with E-state index in [4.69, 9.17) is 0 Å². The van der Waals surface area contributed by atoms with Crippen molar-refractivity contribution in [2.45, 2.75) is 25.7 Å². The molecule has 0 bridgehead atoms. The first kappa shape index (κ1) is 21.2. The van der Waals surface area contributed by atoms with Crippen LogP contribution in [-0.2, 0) is 9.53 Å². The van der Waals surface area contributed by atoms with Crippen LogP contribution in [0.2, 0.25) is 0 Å². The third-order valence-electron chi connectivity index (χ3n) is 4.03. The Bertz CT molecular complexity index is 871. The Morgan fingerprint density at radius 1 is 1.00 bits per heavy atom. The second-order valence-electron chi connectivity index (χ2n) is 6.13. The van der Waals surface area contributed by atoms with Crippen molar-refractivity contribution in [1.29, 1.82) is 0 Å². The fourth-order valence-electron chi connectivity index (χ4n) is 2.45. The van der Waals surface area contributed by atoms with Crippen LogP contribution in [0.5, 0.6) is 0 Å². The van der Waals surface area contributed by atoms with E-state index in [1.807, 2.05) is 5.43 Å². The molecule has 0 aliphatic carbocycles. The van der Waals surface area contributed by atoms with Gasteiger partial charge in [0.15, 0.2) is 0 Å². The number of carbonyl (C=O) groups excluding carboxylic acids is 2. The number of carbonyl (C=O) groups is 2. The zero-order chi connectivity index (χ0) is 20.9. The molecule has 150 valence electrons. The molecule has 0 unspecified atom stereocenters. The van der Waals surface area contributed by atoms with Gasteiger partial charge in [-0.1, -0.05) is 35.9 Å². The number of hydrazine groups is 1. The van der Waals surface area contributed by atoms with Gasteiger partial charge in [0, 0.05) is 5.56 Å². The van der Waals surface area contributed by atoms with E-state index in [1.54, 1.807) is 43.4 Å². The van der Waals surface area contributed by atoms with Crippen LogP contribution in [0, 0.1) is 13.8 Å². The summed E-state index contributed by atoms with van der Waals surface area (Å²) < 4.78 is 46.2. The molecule has 2 aromatic carbocycles. The number of methoxy groups -OCH3 is 1. The zero-order valence-electron chi connectivity index (χ0n) is 15.5. The Morgan fingerprint density at radius 2 is 1.68 bits per heavy atom.